The Labute approximate surface area is 284 Å². The maximum Gasteiger partial charge on any atom is 0.422 e. The molecule has 2 amide bonds. The molecule has 0 fully saturated rings. The van der Waals surface area contributed by atoms with Crippen LogP contribution in [-0.4, -0.2) is 68.9 Å². The second-order valence-corrected chi connectivity index (χ2v) is 15.8. The smallest absolute Gasteiger partial charge is 0.422 e. The topological polar surface area (TPSA) is 170 Å². The number of rotatable bonds is 11. The number of nitrogens with zero attached hydrogens (tertiary/aromatic N) is 2. The number of aromatic nitrogens is 1. The second-order valence-electron chi connectivity index (χ2n) is 13.5. The third kappa shape index (κ3) is 8.57. The van der Waals surface area contributed by atoms with Crippen LogP contribution >= 0.6 is 11.6 Å². The molecule has 1 aliphatic rings. The maximum absolute atomic E-state index is 14.7. The monoisotopic (exact) mass is 720 g/mol. The molecule has 0 aliphatic carbocycles. The van der Waals surface area contributed by atoms with E-state index in [1.807, 2.05) is 0 Å². The van der Waals surface area contributed by atoms with Crippen molar-refractivity contribution in [2.24, 2.45) is 5.73 Å². The summed E-state index contributed by atoms with van der Waals surface area (Å²) < 4.78 is 75.4. The minimum atomic E-state index is -5.34. The molecule has 12 nitrogen and oxygen atoms in total. The van der Waals surface area contributed by atoms with Crippen molar-refractivity contribution in [3.8, 4) is 11.5 Å². The fourth-order valence-corrected chi connectivity index (χ4v) is 5.94. The minimum Gasteiger partial charge on any atom is -0.493 e. The lowest BCUT2D eigenvalue weighted by atomic mass is 9.87. The summed E-state index contributed by atoms with van der Waals surface area (Å²) in [6.45, 7) is 10.7. The van der Waals surface area contributed by atoms with Crippen LogP contribution in [0, 0.1) is 0 Å². The normalized spacial score (nSPS) is 18.5. The van der Waals surface area contributed by atoms with Gasteiger partial charge in [0.2, 0.25) is 5.60 Å². The third-order valence-corrected chi connectivity index (χ3v) is 9.25. The minimum absolute atomic E-state index is 0.00578. The van der Waals surface area contributed by atoms with Gasteiger partial charge in [0.25, 0.3) is 5.91 Å². The number of benzene rings is 1. The summed E-state index contributed by atoms with van der Waals surface area (Å²) in [4.78, 5) is 42.4. The number of hydrogen-bond acceptors (Lipinski definition) is 9. The van der Waals surface area contributed by atoms with E-state index in [-0.39, 0.29) is 34.9 Å². The highest BCUT2D eigenvalue weighted by Gasteiger charge is 2.57. The Balaban J connectivity index is 2.07. The van der Waals surface area contributed by atoms with Crippen LogP contribution in [0.1, 0.15) is 82.9 Å². The predicted molar refractivity (Wildman–Crippen MR) is 172 cm³/mol. The van der Waals surface area contributed by atoms with Crippen LogP contribution in [0.2, 0.25) is 5.15 Å². The van der Waals surface area contributed by atoms with Crippen molar-refractivity contribution in [1.29, 1.82) is 0 Å². The Morgan fingerprint density at radius 3 is 2.27 bits per heavy atom. The molecule has 3 atom stereocenters. The van der Waals surface area contributed by atoms with Crippen LogP contribution in [0.25, 0.3) is 0 Å². The number of nitrogens with one attached hydrogen (secondary N) is 1. The molecule has 48 heavy (non-hydrogen) atoms. The van der Waals surface area contributed by atoms with E-state index in [9.17, 15) is 36.9 Å². The maximum atomic E-state index is 14.7. The third-order valence-electron chi connectivity index (χ3n) is 7.24. The van der Waals surface area contributed by atoms with Crippen molar-refractivity contribution in [1.82, 2.24) is 9.71 Å². The number of primary amides is 1. The van der Waals surface area contributed by atoms with E-state index in [1.54, 1.807) is 41.5 Å². The number of Topliss-reactive ketones (excluding diaryl/α,β-unsaturated/α-hetero) is 1. The van der Waals surface area contributed by atoms with E-state index in [4.69, 9.17) is 31.5 Å². The van der Waals surface area contributed by atoms with Crippen molar-refractivity contribution in [2.75, 3.05) is 25.2 Å². The number of halogens is 4. The largest absolute Gasteiger partial charge is 0.493 e. The van der Waals surface area contributed by atoms with Gasteiger partial charge in [-0.1, -0.05) is 11.6 Å². The van der Waals surface area contributed by atoms with Crippen LogP contribution in [0.4, 0.5) is 23.7 Å². The van der Waals surface area contributed by atoms with Gasteiger partial charge in [-0.25, -0.2) is 18.7 Å². The summed E-state index contributed by atoms with van der Waals surface area (Å²) in [5.74, 6) is -1.46. The molecule has 1 aromatic heterocycles. The fraction of sp³-hybridized carbons (Fsp3) is 0.548. The summed E-state index contributed by atoms with van der Waals surface area (Å²) in [6.07, 6.45) is -8.17. The van der Waals surface area contributed by atoms with Gasteiger partial charge < -0.3 is 25.1 Å². The van der Waals surface area contributed by atoms with E-state index in [2.05, 4.69) is 9.71 Å². The number of carbonyl (C=O) groups is 3. The van der Waals surface area contributed by atoms with Crippen LogP contribution in [0.3, 0.4) is 0 Å². The van der Waals surface area contributed by atoms with Gasteiger partial charge in [0.15, 0.2) is 29.0 Å². The van der Waals surface area contributed by atoms with E-state index in [0.29, 0.717) is 0 Å². The first-order chi connectivity index (χ1) is 21.8. The van der Waals surface area contributed by atoms with Crippen LogP contribution < -0.4 is 24.8 Å². The number of carbonyl (C=O) groups excluding carboxylic acids is 3. The van der Waals surface area contributed by atoms with Crippen LogP contribution in [0.15, 0.2) is 24.3 Å². The summed E-state index contributed by atoms with van der Waals surface area (Å²) in [7, 11) is -0.516. The number of alkyl halides is 3. The number of hydrogen-bond donors (Lipinski definition) is 3. The zero-order chi connectivity index (χ0) is 36.6. The number of aliphatic hydroxyl groups is 1. The van der Waals surface area contributed by atoms with Gasteiger partial charge in [-0.3, -0.25) is 14.5 Å². The summed E-state index contributed by atoms with van der Waals surface area (Å²) in [6, 6.07) is 4.71. The highest BCUT2D eigenvalue weighted by atomic mass is 35.5. The summed E-state index contributed by atoms with van der Waals surface area (Å²) >= 11 is 6.48. The van der Waals surface area contributed by atoms with Gasteiger partial charge in [-0.05, 0) is 79.2 Å². The highest BCUT2D eigenvalue weighted by molar-refractivity contribution is 7.84. The average Bonchev–Trinajstić information content (AvgIpc) is 3.25. The number of ether oxygens (including phenoxy) is 3. The molecule has 2 aromatic rings. The molecule has 17 heteroatoms. The van der Waals surface area contributed by atoms with Crippen molar-refractivity contribution in [3.63, 3.8) is 0 Å². The molecular formula is C31H40ClF3N4O8S. The number of methoxy groups -OCH3 is 1. The molecule has 4 N–H and O–H groups in total. The molecule has 0 radical (unpaired) electrons. The summed E-state index contributed by atoms with van der Waals surface area (Å²) in [5, 5.41) is 10.7. The number of nitrogens with two attached hydrogens (primary N) is 1. The number of anilines is 1. The molecule has 1 aromatic carbocycles. The first-order valence-corrected chi connectivity index (χ1v) is 16.2. The quantitative estimate of drug-likeness (QED) is 0.213. The van der Waals surface area contributed by atoms with E-state index < -0.39 is 86.7 Å². The Hall–Kier alpha value is -3.47. The highest BCUT2D eigenvalue weighted by Crippen LogP contribution is 2.49. The van der Waals surface area contributed by atoms with Gasteiger partial charge in [-0.2, -0.15) is 13.2 Å². The van der Waals surface area contributed by atoms with E-state index in [1.165, 1.54) is 32.2 Å². The van der Waals surface area contributed by atoms with Gasteiger partial charge in [0, 0.05) is 17.5 Å². The Morgan fingerprint density at radius 1 is 1.12 bits per heavy atom. The van der Waals surface area contributed by atoms with Gasteiger partial charge in [0.1, 0.15) is 5.60 Å². The van der Waals surface area contributed by atoms with Gasteiger partial charge in [0.05, 0.1) is 46.3 Å². The molecule has 0 saturated carbocycles. The molecule has 1 aliphatic heterocycles. The Kier molecular flexibility index (Phi) is 11.2. The lowest BCUT2D eigenvalue weighted by Crippen LogP contribution is -2.50. The lowest BCUT2D eigenvalue weighted by Gasteiger charge is -2.32. The molecule has 3 rings (SSSR count). The van der Waals surface area contributed by atoms with Crippen molar-refractivity contribution in [2.45, 2.75) is 89.0 Å². The number of ketones is 1. The predicted octanol–water partition coefficient (Wildman–Crippen LogP) is 5.04. The first kappa shape index (κ1) is 39.0. The number of pyridine rings is 1. The second kappa shape index (κ2) is 13.8. The number of fused-ring (bicyclic) bond motifs is 1. The molecule has 0 spiro atoms. The average molecular weight is 721 g/mol. The Bertz CT molecular complexity index is 1610. The lowest BCUT2D eigenvalue weighted by molar-refractivity contribution is -0.270. The molecule has 266 valence electrons. The van der Waals surface area contributed by atoms with Crippen molar-refractivity contribution < 1.29 is 51.1 Å². The molecule has 0 bridgehead atoms. The number of amides is 2. The van der Waals surface area contributed by atoms with Gasteiger partial charge in [-0.15, -0.1) is 0 Å². The Morgan fingerprint density at radius 2 is 1.75 bits per heavy atom. The van der Waals surface area contributed by atoms with Crippen LogP contribution in [-0.2, 0) is 31.7 Å². The van der Waals surface area contributed by atoms with Crippen LogP contribution in [0.5, 0.6) is 11.5 Å². The zero-order valence-corrected chi connectivity index (χ0v) is 29.4. The molecule has 2 heterocycles. The SMILES string of the molecule is COc1cc(C(=O)CC[C@@](O)(c2cc3c(c(Cl)n2)N(C(=O)OC(C)(C)C)C[C@@]3(C)NS(=O)C(C)(C)C)C(F)(F)F)ccc1OCC(N)=O. The summed E-state index contributed by atoms with van der Waals surface area (Å²) in [5.41, 5.74) is -2.05. The standard InChI is InChI=1S/C31H40ClF3N4O8S/c1-27(2,3)47-26(42)39-16-29(7,38-48(44)28(4,5)6)18-14-22(37-25(32)24(18)39)30(43,31(33,34)35)12-11-19(40)17-9-10-20(21(13-17)45-8)46-15-23(36)41/h9-10,13-14,38,43H,11-12,15-16H2,1-8H3,(H2,36,41)/t29-,30-,48?/m1/s1. The first-order valence-electron chi connectivity index (χ1n) is 14.7. The van der Waals surface area contributed by atoms with E-state index in [0.717, 1.165) is 11.0 Å². The van der Waals surface area contributed by atoms with E-state index >= 15 is 0 Å². The molecule has 0 saturated heterocycles. The van der Waals surface area contributed by atoms with Gasteiger partial charge >= 0.3 is 12.3 Å². The molecule has 1 unspecified atom stereocenters. The zero-order valence-electron chi connectivity index (χ0n) is 27.8. The molecular weight excluding hydrogens is 681 g/mol. The van der Waals surface area contributed by atoms with Crippen molar-refractivity contribution in [3.05, 3.63) is 46.2 Å². The van der Waals surface area contributed by atoms with Crippen molar-refractivity contribution >= 4 is 46.1 Å². The fourth-order valence-electron chi connectivity index (χ4n) is 4.76.